The number of rotatable bonds is 2. The van der Waals surface area contributed by atoms with E-state index >= 15 is 0 Å². The van der Waals surface area contributed by atoms with Gasteiger partial charge in [-0.2, -0.15) is 13.2 Å². The van der Waals surface area contributed by atoms with Gasteiger partial charge in [-0.15, -0.1) is 0 Å². The molecule has 0 amide bonds. The Morgan fingerprint density at radius 2 is 1.60 bits per heavy atom. The summed E-state index contributed by atoms with van der Waals surface area (Å²) in [5.74, 6) is -1.25. The summed E-state index contributed by atoms with van der Waals surface area (Å²) in [5, 5.41) is 13.5. The number of benzene rings is 3. The van der Waals surface area contributed by atoms with Gasteiger partial charge in [0.2, 0.25) is 5.69 Å². The number of hydrogen-bond donors (Lipinski definition) is 0. The highest BCUT2D eigenvalue weighted by molar-refractivity contribution is 6.42. The van der Waals surface area contributed by atoms with E-state index in [0.29, 0.717) is 5.39 Å². The molecule has 5 nitrogen and oxygen atoms in total. The fraction of sp³-hybridized carbons (Fsp3) is 0.0500. The molecule has 30 heavy (non-hydrogen) atoms. The van der Waals surface area contributed by atoms with Crippen molar-refractivity contribution in [2.24, 2.45) is 0 Å². The minimum atomic E-state index is -5.28. The first-order valence-corrected chi connectivity index (χ1v) is 9.13. The molecule has 0 saturated carbocycles. The molecule has 0 aliphatic rings. The van der Waals surface area contributed by atoms with Crippen molar-refractivity contribution in [2.45, 2.75) is 6.18 Å². The number of ketones is 1. The molecular weight excluding hydrogens is 444 g/mol. The van der Waals surface area contributed by atoms with Gasteiger partial charge >= 0.3 is 11.9 Å². The van der Waals surface area contributed by atoms with Gasteiger partial charge in [-0.05, 0) is 22.9 Å². The van der Waals surface area contributed by atoms with Crippen molar-refractivity contribution in [1.82, 2.24) is 4.73 Å². The first-order chi connectivity index (χ1) is 14.1. The fourth-order valence-electron chi connectivity index (χ4n) is 3.20. The van der Waals surface area contributed by atoms with Crippen LogP contribution in [0.3, 0.4) is 0 Å². The number of carbonyl (C=O) groups is 1. The average molecular weight is 453 g/mol. The predicted molar refractivity (Wildman–Crippen MR) is 106 cm³/mol. The summed E-state index contributed by atoms with van der Waals surface area (Å²) >= 11 is 11.6. The van der Waals surface area contributed by atoms with Crippen molar-refractivity contribution in [2.75, 3.05) is 0 Å². The highest BCUT2D eigenvalue weighted by Crippen LogP contribution is 2.35. The van der Waals surface area contributed by atoms with Crippen LogP contribution in [0.25, 0.3) is 21.8 Å². The number of carbonyl (C=O) groups excluding carboxylic acids is 1. The SMILES string of the molecule is O=C(c1ccc2ccccc2c1)c1c(C(F)(F)F)n([O-])c2cc(Cl)c(Cl)cc2[n+]1=O. The lowest BCUT2D eigenvalue weighted by molar-refractivity contribution is -0.470. The Bertz CT molecular complexity index is 1410. The molecule has 0 radical (unpaired) electrons. The highest BCUT2D eigenvalue weighted by atomic mass is 35.5. The maximum Gasteiger partial charge on any atom is 0.438 e. The maximum atomic E-state index is 13.7. The number of nitrogens with zero attached hydrogens (tertiary/aromatic N) is 2. The Labute approximate surface area is 176 Å². The van der Waals surface area contributed by atoms with Gasteiger partial charge < -0.3 is 9.94 Å². The van der Waals surface area contributed by atoms with Crippen LogP contribution < -0.4 is 4.43 Å². The minimum Gasteiger partial charge on any atom is -0.805 e. The third-order valence-corrected chi connectivity index (χ3v) is 5.30. The van der Waals surface area contributed by atoms with E-state index in [1.165, 1.54) is 18.2 Å². The molecular formula is C20H9Cl2F3N2O3. The topological polar surface area (TPSA) is 68.0 Å². The van der Waals surface area contributed by atoms with Crippen LogP contribution in [0.4, 0.5) is 13.2 Å². The molecule has 4 rings (SSSR count). The van der Waals surface area contributed by atoms with Gasteiger partial charge in [0, 0.05) is 16.5 Å². The van der Waals surface area contributed by atoms with Gasteiger partial charge in [0.25, 0.3) is 11.3 Å². The van der Waals surface area contributed by atoms with Gasteiger partial charge in [-0.25, -0.2) is 0 Å². The number of aromatic nitrogens is 2. The van der Waals surface area contributed by atoms with Gasteiger partial charge in [-0.1, -0.05) is 59.6 Å². The minimum absolute atomic E-state index is 0.155. The zero-order valence-electron chi connectivity index (χ0n) is 14.7. The van der Waals surface area contributed by atoms with E-state index in [9.17, 15) is 28.1 Å². The third kappa shape index (κ3) is 3.18. The van der Waals surface area contributed by atoms with Crippen molar-refractivity contribution in [3.8, 4) is 0 Å². The number of hydrogen-bond acceptors (Lipinski definition) is 3. The standard InChI is InChI=1S/C20H9Cl2F3N2O3/c21-13-8-15-16(9-14(13)22)27(30)19(20(23,24)25)17(26(15)29)18(28)12-6-5-10-3-1-2-4-11(10)7-12/h1-9H. The van der Waals surface area contributed by atoms with E-state index in [4.69, 9.17) is 23.2 Å². The molecule has 10 heteroatoms. The van der Waals surface area contributed by atoms with Crippen molar-refractivity contribution in [3.63, 3.8) is 0 Å². The van der Waals surface area contributed by atoms with E-state index in [1.807, 2.05) is 0 Å². The first kappa shape index (κ1) is 20.2. The third-order valence-electron chi connectivity index (χ3n) is 4.58. The van der Waals surface area contributed by atoms with E-state index in [-0.39, 0.29) is 20.0 Å². The first-order valence-electron chi connectivity index (χ1n) is 8.38. The van der Waals surface area contributed by atoms with Crippen molar-refractivity contribution in [3.05, 3.63) is 91.7 Å². The molecule has 3 aromatic carbocycles. The fourth-order valence-corrected chi connectivity index (χ4v) is 3.52. The summed E-state index contributed by atoms with van der Waals surface area (Å²) in [6, 6.07) is 12.8. The normalized spacial score (nSPS) is 11.9. The number of alkyl halides is 3. The van der Waals surface area contributed by atoms with Crippen LogP contribution in [-0.4, -0.2) is 10.5 Å². The summed E-state index contributed by atoms with van der Waals surface area (Å²) in [5.41, 5.74) is -4.64. The molecule has 1 aromatic heterocycles. The van der Waals surface area contributed by atoms with Crippen LogP contribution >= 0.6 is 23.2 Å². The lowest BCUT2D eigenvalue weighted by Crippen LogP contribution is -2.35. The van der Waals surface area contributed by atoms with Crippen LogP contribution in [0, 0.1) is 10.1 Å². The second-order valence-corrected chi connectivity index (χ2v) is 7.24. The average Bonchev–Trinajstić information content (AvgIpc) is 2.70. The number of halogens is 5. The molecule has 152 valence electrons. The van der Waals surface area contributed by atoms with Crippen LogP contribution in [0.2, 0.25) is 10.0 Å². The molecule has 0 saturated heterocycles. The molecule has 0 atom stereocenters. The van der Waals surface area contributed by atoms with Crippen molar-refractivity contribution < 1.29 is 22.4 Å². The summed E-state index contributed by atoms with van der Waals surface area (Å²) in [4.78, 5) is 25.8. The van der Waals surface area contributed by atoms with E-state index in [2.05, 4.69) is 0 Å². The Kier molecular flexibility index (Phi) is 4.71. The lowest BCUT2D eigenvalue weighted by atomic mass is 10.0. The molecule has 0 fully saturated rings. The van der Waals surface area contributed by atoms with E-state index in [1.54, 1.807) is 24.3 Å². The van der Waals surface area contributed by atoms with Gasteiger partial charge in [0.15, 0.2) is 0 Å². The molecule has 0 aliphatic heterocycles. The summed E-state index contributed by atoms with van der Waals surface area (Å²) in [6.07, 6.45) is -5.28. The number of fused-ring (bicyclic) bond motifs is 2. The Hall–Kier alpha value is -3.10. The molecule has 0 N–H and O–H groups in total. The van der Waals surface area contributed by atoms with E-state index in [0.717, 1.165) is 17.5 Å². The Morgan fingerprint density at radius 3 is 2.27 bits per heavy atom. The summed E-state index contributed by atoms with van der Waals surface area (Å²) in [7, 11) is 0. The summed E-state index contributed by atoms with van der Waals surface area (Å²) in [6.45, 7) is 0. The molecule has 0 unspecified atom stereocenters. The van der Waals surface area contributed by atoms with Crippen molar-refractivity contribution >= 4 is 50.8 Å². The van der Waals surface area contributed by atoms with Crippen molar-refractivity contribution in [1.29, 1.82) is 0 Å². The Morgan fingerprint density at radius 1 is 0.967 bits per heavy atom. The molecule has 0 spiro atoms. The van der Waals surface area contributed by atoms with Gasteiger partial charge in [0.1, 0.15) is 5.52 Å². The zero-order chi connectivity index (χ0) is 21.8. The quantitative estimate of drug-likeness (QED) is 0.293. The maximum absolute atomic E-state index is 13.7. The second kappa shape index (κ2) is 7.00. The zero-order valence-corrected chi connectivity index (χ0v) is 16.2. The molecule has 0 bridgehead atoms. The Balaban J connectivity index is 2.07. The van der Waals surface area contributed by atoms with E-state index < -0.39 is 39.1 Å². The molecule has 4 aromatic rings. The summed E-state index contributed by atoms with van der Waals surface area (Å²) < 4.78 is 40.5. The predicted octanol–water partition coefficient (Wildman–Crippen LogP) is 5.61. The highest BCUT2D eigenvalue weighted by Gasteiger charge is 2.45. The monoisotopic (exact) mass is 452 g/mol. The largest absolute Gasteiger partial charge is 0.805 e. The van der Waals surface area contributed by atoms with Gasteiger partial charge in [0.05, 0.1) is 14.5 Å². The molecule has 0 aliphatic carbocycles. The van der Waals surface area contributed by atoms with Crippen LogP contribution in [0.5, 0.6) is 0 Å². The lowest BCUT2D eigenvalue weighted by Gasteiger charge is -2.20. The van der Waals surface area contributed by atoms with Crippen LogP contribution in [0.1, 0.15) is 21.7 Å². The molecule has 1 heterocycles. The smallest absolute Gasteiger partial charge is 0.438 e. The second-order valence-electron chi connectivity index (χ2n) is 6.43. The van der Waals surface area contributed by atoms with Crippen LogP contribution in [0.15, 0.2) is 54.6 Å². The van der Waals surface area contributed by atoms with Crippen LogP contribution in [-0.2, 0) is 6.18 Å². The van der Waals surface area contributed by atoms with Gasteiger partial charge in [-0.3, -0.25) is 4.79 Å².